The van der Waals surface area contributed by atoms with Gasteiger partial charge in [-0.1, -0.05) is 53.0 Å². The minimum absolute atomic E-state index is 0.0424. The molecular formula is C35H39Cl2FN8. The van der Waals surface area contributed by atoms with Gasteiger partial charge >= 0.3 is 0 Å². The van der Waals surface area contributed by atoms with Crippen LogP contribution in [0.5, 0.6) is 0 Å². The van der Waals surface area contributed by atoms with Crippen LogP contribution in [0.1, 0.15) is 56.3 Å². The summed E-state index contributed by atoms with van der Waals surface area (Å²) in [5.41, 5.74) is 11.9. The highest BCUT2D eigenvalue weighted by atomic mass is 35.5. The van der Waals surface area contributed by atoms with Crippen LogP contribution in [0, 0.1) is 24.1 Å². The molecule has 240 valence electrons. The molecule has 1 aromatic heterocycles. The van der Waals surface area contributed by atoms with Gasteiger partial charge < -0.3 is 21.4 Å². The van der Waals surface area contributed by atoms with Gasteiger partial charge in [-0.15, -0.1) is 0 Å². The predicted molar refractivity (Wildman–Crippen MR) is 186 cm³/mol. The number of pyridine rings is 1. The van der Waals surface area contributed by atoms with Gasteiger partial charge in [-0.25, -0.2) is 10.2 Å². The minimum Gasteiger partial charge on any atom is -0.399 e. The van der Waals surface area contributed by atoms with Crippen LogP contribution < -0.4 is 22.2 Å². The topological polar surface area (TPSA) is 119 Å². The quantitative estimate of drug-likeness (QED) is 0.111. The lowest BCUT2D eigenvalue weighted by atomic mass is 9.97. The third-order valence-electron chi connectivity index (χ3n) is 8.39. The summed E-state index contributed by atoms with van der Waals surface area (Å²) in [4.78, 5) is 6.93. The van der Waals surface area contributed by atoms with Crippen molar-refractivity contribution in [2.45, 2.75) is 58.2 Å². The third-order valence-corrected chi connectivity index (χ3v) is 8.96. The number of benzene rings is 3. The Labute approximate surface area is 279 Å². The van der Waals surface area contributed by atoms with Crippen molar-refractivity contribution in [3.63, 3.8) is 0 Å². The van der Waals surface area contributed by atoms with Gasteiger partial charge in [-0.05, 0) is 76.4 Å². The summed E-state index contributed by atoms with van der Waals surface area (Å²) in [5.74, 6) is 6.08. The number of aromatic nitrogens is 1. The van der Waals surface area contributed by atoms with Crippen LogP contribution in [-0.4, -0.2) is 39.6 Å². The fraction of sp³-hybridized carbons (Fsp3) is 0.314. The summed E-state index contributed by atoms with van der Waals surface area (Å²) in [6, 6.07) is 17.9. The monoisotopic (exact) mass is 660 g/mol. The molecular weight excluding hydrogens is 622 g/mol. The smallest absolute Gasteiger partial charge is 0.141 e. The standard InChI is InChI=1S/C35H39Cl2FN8/c1-21-6-5-7-22(14-21)33(31(40)20-46(41)26-10-12-45(13-11-26)35(2,3)4)44-25-15-27-32(43-24-8-9-30(38)28(36)16-24)23(18-39)19-42-34(27)29(37)17-25/h5-9,14-17,19-20,26,33,44H,10-13,40-41H2,1-4H3,(H,42,43)/b31-20-. The molecule has 1 aliphatic rings. The van der Waals surface area contributed by atoms with E-state index in [1.165, 1.54) is 18.3 Å². The lowest BCUT2D eigenvalue weighted by Crippen LogP contribution is -2.51. The maximum atomic E-state index is 13.9. The molecule has 1 aliphatic heterocycles. The van der Waals surface area contributed by atoms with Crippen LogP contribution in [0.3, 0.4) is 0 Å². The normalized spacial score (nSPS) is 15.4. The number of nitrogens with two attached hydrogens (primary N) is 2. The number of aryl methyl sites for hydroxylation is 1. The fourth-order valence-corrected chi connectivity index (χ4v) is 6.29. The Morgan fingerprint density at radius 1 is 1.11 bits per heavy atom. The van der Waals surface area contributed by atoms with Gasteiger partial charge in [0, 0.05) is 53.8 Å². The first kappa shape index (κ1) is 33.3. The molecule has 0 spiro atoms. The molecule has 1 saturated heterocycles. The van der Waals surface area contributed by atoms with Gasteiger partial charge in [0.15, 0.2) is 0 Å². The van der Waals surface area contributed by atoms with Gasteiger partial charge in [0.1, 0.15) is 11.9 Å². The SMILES string of the molecule is Cc1cccc(C(Nc2cc(Cl)c3ncc(C#N)c(Nc4ccc(F)c(Cl)c4)c3c2)/C(N)=C/N(N)C2CCN(C(C)(C)C)CC2)c1. The van der Waals surface area contributed by atoms with Gasteiger partial charge in [0.25, 0.3) is 0 Å². The van der Waals surface area contributed by atoms with E-state index in [1.54, 1.807) is 17.1 Å². The Hall–Kier alpha value is -4.07. The van der Waals surface area contributed by atoms with Crippen molar-refractivity contribution in [2.24, 2.45) is 11.6 Å². The minimum atomic E-state index is -0.541. The summed E-state index contributed by atoms with van der Waals surface area (Å²) >= 11 is 12.8. The number of hydrogen-bond donors (Lipinski definition) is 4. The van der Waals surface area contributed by atoms with Gasteiger partial charge in [0.2, 0.25) is 0 Å². The second-order valence-corrected chi connectivity index (χ2v) is 13.5. The van der Waals surface area contributed by atoms with Crippen LogP contribution in [-0.2, 0) is 0 Å². The number of piperidine rings is 1. The molecule has 1 unspecified atom stereocenters. The van der Waals surface area contributed by atoms with Gasteiger partial charge in [-0.2, -0.15) is 5.26 Å². The van der Waals surface area contributed by atoms with E-state index in [2.05, 4.69) is 53.4 Å². The molecule has 5 rings (SSSR count). The van der Waals surface area contributed by atoms with Crippen LogP contribution in [0.4, 0.5) is 21.5 Å². The van der Waals surface area contributed by atoms with Gasteiger partial charge in [-0.3, -0.25) is 9.88 Å². The van der Waals surface area contributed by atoms with Crippen molar-refractivity contribution >= 4 is 51.2 Å². The van der Waals surface area contributed by atoms with E-state index in [0.717, 1.165) is 37.1 Å². The Kier molecular flexibility index (Phi) is 9.94. The van der Waals surface area contributed by atoms with Crippen LogP contribution in [0.2, 0.25) is 10.0 Å². The molecule has 0 bridgehead atoms. The zero-order valence-electron chi connectivity index (χ0n) is 26.4. The number of anilines is 3. The third kappa shape index (κ3) is 7.48. The lowest BCUT2D eigenvalue weighted by molar-refractivity contribution is 0.0713. The molecule has 11 heteroatoms. The van der Waals surface area contributed by atoms with Crippen molar-refractivity contribution in [1.82, 2.24) is 14.9 Å². The molecule has 0 saturated carbocycles. The highest BCUT2D eigenvalue weighted by Crippen LogP contribution is 2.37. The molecule has 0 amide bonds. The number of nitriles is 1. The second-order valence-electron chi connectivity index (χ2n) is 12.7. The van der Waals surface area contributed by atoms with Crippen LogP contribution >= 0.6 is 23.2 Å². The molecule has 1 fully saturated rings. The molecule has 2 heterocycles. The molecule has 3 aromatic carbocycles. The van der Waals surface area contributed by atoms with Crippen molar-refractivity contribution < 1.29 is 4.39 Å². The molecule has 46 heavy (non-hydrogen) atoms. The first-order chi connectivity index (χ1) is 21.8. The lowest BCUT2D eigenvalue weighted by Gasteiger charge is -2.42. The Balaban J connectivity index is 1.50. The van der Waals surface area contributed by atoms with Crippen molar-refractivity contribution in [3.05, 3.63) is 105 Å². The summed E-state index contributed by atoms with van der Waals surface area (Å²) in [6.07, 6.45) is 5.14. The molecule has 8 nitrogen and oxygen atoms in total. The van der Waals surface area contributed by atoms with E-state index in [9.17, 15) is 9.65 Å². The van der Waals surface area contributed by atoms with Crippen molar-refractivity contribution in [1.29, 1.82) is 5.26 Å². The van der Waals surface area contributed by atoms with E-state index in [4.69, 9.17) is 34.8 Å². The van der Waals surface area contributed by atoms with Crippen LogP contribution in [0.15, 0.2) is 72.7 Å². The number of hydrazine groups is 1. The van der Waals surface area contributed by atoms with Crippen molar-refractivity contribution in [3.8, 4) is 6.07 Å². The maximum Gasteiger partial charge on any atom is 0.141 e. The summed E-state index contributed by atoms with van der Waals surface area (Å²) < 4.78 is 13.9. The second kappa shape index (κ2) is 13.7. The predicted octanol–water partition coefficient (Wildman–Crippen LogP) is 8.00. The molecule has 6 N–H and O–H groups in total. The average Bonchev–Trinajstić information content (AvgIpc) is 3.01. The largest absolute Gasteiger partial charge is 0.399 e. The van der Waals surface area contributed by atoms with Crippen LogP contribution in [0.25, 0.3) is 10.9 Å². The molecule has 1 atom stereocenters. The average molecular weight is 662 g/mol. The van der Waals surface area contributed by atoms with E-state index in [1.807, 2.05) is 37.4 Å². The zero-order valence-corrected chi connectivity index (χ0v) is 27.9. The Morgan fingerprint density at radius 2 is 1.83 bits per heavy atom. The Morgan fingerprint density at radius 3 is 2.48 bits per heavy atom. The summed E-state index contributed by atoms with van der Waals surface area (Å²) in [7, 11) is 0. The number of nitrogens with zero attached hydrogens (tertiary/aromatic N) is 4. The Bertz CT molecular complexity index is 1810. The van der Waals surface area contributed by atoms with E-state index in [-0.39, 0.29) is 22.2 Å². The number of likely N-dealkylation sites (tertiary alicyclic amines) is 1. The van der Waals surface area contributed by atoms with E-state index >= 15 is 0 Å². The molecule has 0 radical (unpaired) electrons. The number of rotatable bonds is 8. The van der Waals surface area contributed by atoms with Gasteiger partial charge in [0.05, 0.1) is 38.6 Å². The molecule has 0 aliphatic carbocycles. The highest BCUT2D eigenvalue weighted by Gasteiger charge is 2.29. The first-order valence-electron chi connectivity index (χ1n) is 15.2. The molecule has 4 aromatic rings. The number of halogens is 3. The van der Waals surface area contributed by atoms with Crippen molar-refractivity contribution in [2.75, 3.05) is 23.7 Å². The maximum absolute atomic E-state index is 13.9. The summed E-state index contributed by atoms with van der Waals surface area (Å²) in [5, 5.41) is 19.4. The summed E-state index contributed by atoms with van der Waals surface area (Å²) in [6.45, 7) is 10.7. The number of nitrogens with one attached hydrogen (secondary N) is 2. The first-order valence-corrected chi connectivity index (χ1v) is 15.9. The zero-order chi connectivity index (χ0) is 33.2. The van der Waals surface area contributed by atoms with E-state index < -0.39 is 11.9 Å². The van der Waals surface area contributed by atoms with E-state index in [0.29, 0.717) is 38.7 Å². The fourth-order valence-electron chi connectivity index (χ4n) is 5.84. The highest BCUT2D eigenvalue weighted by molar-refractivity contribution is 6.36. The number of fused-ring (bicyclic) bond motifs is 1. The number of hydrogen-bond acceptors (Lipinski definition) is 8.